The van der Waals surface area contributed by atoms with Crippen molar-refractivity contribution < 1.29 is 9.47 Å². The molecule has 1 aliphatic rings. The summed E-state index contributed by atoms with van der Waals surface area (Å²) < 4.78 is 10.8. The van der Waals surface area contributed by atoms with Crippen LogP contribution in [0.25, 0.3) is 0 Å². The van der Waals surface area contributed by atoms with Crippen molar-refractivity contribution in [1.29, 1.82) is 0 Å². The van der Waals surface area contributed by atoms with E-state index in [-0.39, 0.29) is 29.4 Å². The Kier molecular flexibility index (Phi) is 8.36. The maximum atomic E-state index is 5.43. The Balaban J connectivity index is 0.00000280. The van der Waals surface area contributed by atoms with E-state index in [0.29, 0.717) is 13.3 Å². The summed E-state index contributed by atoms with van der Waals surface area (Å²) in [6.07, 6.45) is 0.881. The van der Waals surface area contributed by atoms with E-state index in [1.807, 2.05) is 12.1 Å². The zero-order valence-corrected chi connectivity index (χ0v) is 20.0. The van der Waals surface area contributed by atoms with Gasteiger partial charge in [0.1, 0.15) is 5.01 Å². The monoisotopic (exact) mass is 516 g/mol. The predicted octanol–water partition coefficient (Wildman–Crippen LogP) is 4.09. The Labute approximate surface area is 188 Å². The standard InChI is InChI=1S/C20H28N4O2S.HI/c1-5-21-19(23-11-18-24-17(12-27-18)20(2,3)4)22-9-8-14-6-7-15-16(10-14)26-13-25-15;/h6-7,10,12H,5,8-9,11,13H2,1-4H3,(H2,21,22,23);1H. The molecule has 2 aromatic rings. The normalized spacial score (nSPS) is 13.2. The second-order valence-electron chi connectivity index (χ2n) is 7.44. The third kappa shape index (κ3) is 6.23. The van der Waals surface area contributed by atoms with Gasteiger partial charge in [-0.2, -0.15) is 0 Å². The van der Waals surface area contributed by atoms with E-state index in [1.165, 1.54) is 5.56 Å². The number of aliphatic imine (C=N–C) groups is 1. The lowest BCUT2D eigenvalue weighted by Gasteiger charge is -2.14. The van der Waals surface area contributed by atoms with Crippen LogP contribution in [0.15, 0.2) is 28.6 Å². The first-order valence-electron chi connectivity index (χ1n) is 9.31. The lowest BCUT2D eigenvalue weighted by Crippen LogP contribution is -2.38. The molecular formula is C20H29IN4O2S. The number of halogens is 1. The Morgan fingerprint density at radius 3 is 2.71 bits per heavy atom. The third-order valence-electron chi connectivity index (χ3n) is 4.18. The van der Waals surface area contributed by atoms with E-state index in [9.17, 15) is 0 Å². The van der Waals surface area contributed by atoms with Crippen molar-refractivity contribution in [2.75, 3.05) is 19.9 Å². The van der Waals surface area contributed by atoms with E-state index in [1.54, 1.807) is 11.3 Å². The maximum absolute atomic E-state index is 5.43. The molecule has 0 aliphatic carbocycles. The van der Waals surface area contributed by atoms with Crippen LogP contribution in [0.3, 0.4) is 0 Å². The number of thiazole rings is 1. The smallest absolute Gasteiger partial charge is 0.231 e. The predicted molar refractivity (Wildman–Crippen MR) is 125 cm³/mol. The average molecular weight is 516 g/mol. The Hall–Kier alpha value is -1.55. The van der Waals surface area contributed by atoms with Gasteiger partial charge in [-0.25, -0.2) is 9.98 Å². The fraction of sp³-hybridized carbons (Fsp3) is 0.500. The number of aromatic nitrogens is 1. The second-order valence-corrected chi connectivity index (χ2v) is 8.38. The van der Waals surface area contributed by atoms with E-state index < -0.39 is 0 Å². The van der Waals surface area contributed by atoms with E-state index in [0.717, 1.165) is 47.7 Å². The first kappa shape index (κ1) is 22.7. The molecule has 0 saturated carbocycles. The Morgan fingerprint density at radius 2 is 2.00 bits per heavy atom. The van der Waals surface area contributed by atoms with Crippen LogP contribution >= 0.6 is 35.3 Å². The van der Waals surface area contributed by atoms with Crippen molar-refractivity contribution in [1.82, 2.24) is 15.6 Å². The number of ether oxygens (including phenoxy) is 2. The van der Waals surface area contributed by atoms with Gasteiger partial charge in [0.2, 0.25) is 6.79 Å². The number of benzene rings is 1. The van der Waals surface area contributed by atoms with Crippen LogP contribution in [-0.2, 0) is 18.4 Å². The fourth-order valence-corrected chi connectivity index (χ4v) is 3.58. The number of guanidine groups is 1. The lowest BCUT2D eigenvalue weighted by atomic mass is 9.93. The fourth-order valence-electron chi connectivity index (χ4n) is 2.64. The Bertz CT molecular complexity index is 802. The summed E-state index contributed by atoms with van der Waals surface area (Å²) in [6.45, 7) is 11.1. The van der Waals surface area contributed by atoms with Crippen LogP contribution < -0.4 is 20.1 Å². The summed E-state index contributed by atoms with van der Waals surface area (Å²) >= 11 is 1.67. The molecule has 0 amide bonds. The van der Waals surface area contributed by atoms with Crippen LogP contribution in [0.5, 0.6) is 11.5 Å². The Morgan fingerprint density at radius 1 is 1.21 bits per heavy atom. The number of hydrogen-bond donors (Lipinski definition) is 2. The van der Waals surface area contributed by atoms with Crippen molar-refractivity contribution in [3.8, 4) is 11.5 Å². The summed E-state index contributed by atoms with van der Waals surface area (Å²) in [6, 6.07) is 6.08. The second kappa shape index (κ2) is 10.3. The molecule has 0 radical (unpaired) electrons. The average Bonchev–Trinajstić information content (AvgIpc) is 3.28. The number of rotatable bonds is 6. The molecule has 1 aliphatic heterocycles. The van der Waals surface area contributed by atoms with Gasteiger partial charge in [0, 0.05) is 23.9 Å². The highest BCUT2D eigenvalue weighted by Gasteiger charge is 2.17. The zero-order chi connectivity index (χ0) is 19.3. The quantitative estimate of drug-likeness (QED) is 0.344. The number of fused-ring (bicyclic) bond motifs is 1. The van der Waals surface area contributed by atoms with Crippen LogP contribution in [0, 0.1) is 0 Å². The van der Waals surface area contributed by atoms with E-state index >= 15 is 0 Å². The van der Waals surface area contributed by atoms with Crippen molar-refractivity contribution >= 4 is 41.3 Å². The van der Waals surface area contributed by atoms with Crippen molar-refractivity contribution in [2.45, 2.75) is 46.1 Å². The maximum Gasteiger partial charge on any atom is 0.231 e. The molecule has 1 aromatic heterocycles. The van der Waals surface area contributed by atoms with Crippen LogP contribution in [0.2, 0.25) is 0 Å². The lowest BCUT2D eigenvalue weighted by molar-refractivity contribution is 0.174. The van der Waals surface area contributed by atoms with Gasteiger partial charge in [-0.3, -0.25) is 0 Å². The molecule has 0 fully saturated rings. The molecule has 2 heterocycles. The van der Waals surface area contributed by atoms with E-state index in [2.05, 4.69) is 54.8 Å². The number of nitrogens with zero attached hydrogens (tertiary/aromatic N) is 2. The van der Waals surface area contributed by atoms with Crippen molar-refractivity contribution in [2.24, 2.45) is 4.99 Å². The number of hydrogen-bond acceptors (Lipinski definition) is 5. The van der Waals surface area contributed by atoms with Gasteiger partial charge < -0.3 is 20.1 Å². The molecule has 2 N–H and O–H groups in total. The molecule has 154 valence electrons. The summed E-state index contributed by atoms with van der Waals surface area (Å²) in [7, 11) is 0. The highest BCUT2D eigenvalue weighted by Crippen LogP contribution is 2.32. The molecule has 0 spiro atoms. The molecule has 6 nitrogen and oxygen atoms in total. The van der Waals surface area contributed by atoms with Gasteiger partial charge in [-0.15, -0.1) is 35.3 Å². The van der Waals surface area contributed by atoms with Gasteiger partial charge in [0.15, 0.2) is 17.5 Å². The summed E-state index contributed by atoms with van der Waals surface area (Å²) in [5.74, 6) is 2.46. The van der Waals surface area contributed by atoms with Crippen molar-refractivity contribution in [3.63, 3.8) is 0 Å². The molecule has 0 bridgehead atoms. The van der Waals surface area contributed by atoms with Crippen LogP contribution in [0.1, 0.15) is 44.0 Å². The molecular weight excluding hydrogens is 487 g/mol. The van der Waals surface area contributed by atoms with Crippen LogP contribution in [0.4, 0.5) is 0 Å². The molecule has 1 aromatic carbocycles. The molecule has 3 rings (SSSR count). The summed E-state index contributed by atoms with van der Waals surface area (Å²) in [5, 5.41) is 9.84. The minimum absolute atomic E-state index is 0. The van der Waals surface area contributed by atoms with Gasteiger partial charge in [-0.05, 0) is 31.0 Å². The summed E-state index contributed by atoms with van der Waals surface area (Å²) in [4.78, 5) is 9.37. The van der Waals surface area contributed by atoms with Crippen LogP contribution in [-0.4, -0.2) is 30.8 Å². The molecule has 0 saturated heterocycles. The van der Waals surface area contributed by atoms with E-state index in [4.69, 9.17) is 14.5 Å². The first-order chi connectivity index (χ1) is 13.0. The minimum Gasteiger partial charge on any atom is -0.454 e. The molecule has 0 atom stereocenters. The van der Waals surface area contributed by atoms with Gasteiger partial charge in [0.05, 0.1) is 12.2 Å². The minimum atomic E-state index is 0. The highest BCUT2D eigenvalue weighted by atomic mass is 127. The highest BCUT2D eigenvalue weighted by molar-refractivity contribution is 14.0. The summed E-state index contributed by atoms with van der Waals surface area (Å²) in [5.41, 5.74) is 2.40. The van der Waals surface area contributed by atoms with Gasteiger partial charge in [-0.1, -0.05) is 26.8 Å². The third-order valence-corrected chi connectivity index (χ3v) is 5.01. The van der Waals surface area contributed by atoms with Gasteiger partial charge in [0.25, 0.3) is 0 Å². The molecule has 28 heavy (non-hydrogen) atoms. The SMILES string of the molecule is CCNC(=NCc1nc(C(C)(C)C)cs1)NCCc1ccc2c(c1)OCO2.I. The zero-order valence-electron chi connectivity index (χ0n) is 16.9. The largest absolute Gasteiger partial charge is 0.454 e. The van der Waals surface area contributed by atoms with Crippen molar-refractivity contribution in [3.05, 3.63) is 39.8 Å². The number of nitrogens with one attached hydrogen (secondary N) is 2. The van der Waals surface area contributed by atoms with Gasteiger partial charge >= 0.3 is 0 Å². The first-order valence-corrected chi connectivity index (χ1v) is 10.2. The topological polar surface area (TPSA) is 67.8 Å². The molecule has 0 unspecified atom stereocenters. The molecule has 8 heteroatoms.